The van der Waals surface area contributed by atoms with Gasteiger partial charge in [0.1, 0.15) is 11.1 Å². The van der Waals surface area contributed by atoms with E-state index in [0.29, 0.717) is 16.8 Å². The molecular formula is C18H16F3N3O2. The van der Waals surface area contributed by atoms with E-state index < -0.39 is 22.9 Å². The zero-order chi connectivity index (χ0) is 19.2. The number of alkyl halides is 3. The molecule has 8 heteroatoms. The van der Waals surface area contributed by atoms with Crippen molar-refractivity contribution in [3.05, 3.63) is 47.5 Å². The van der Waals surface area contributed by atoms with Crippen LogP contribution in [0, 0.1) is 11.3 Å². The highest BCUT2D eigenvalue weighted by molar-refractivity contribution is 5.67. The average molecular weight is 363 g/mol. The van der Waals surface area contributed by atoms with E-state index in [-0.39, 0.29) is 18.8 Å². The highest BCUT2D eigenvalue weighted by Gasteiger charge is 2.42. The fourth-order valence-corrected chi connectivity index (χ4v) is 2.76. The van der Waals surface area contributed by atoms with Crippen molar-refractivity contribution in [1.29, 1.82) is 5.26 Å². The summed E-state index contributed by atoms with van der Waals surface area (Å²) in [5, 5.41) is 19.6. The first-order valence-corrected chi connectivity index (χ1v) is 7.83. The Morgan fingerprint density at radius 3 is 2.31 bits per heavy atom. The lowest BCUT2D eigenvalue weighted by Crippen LogP contribution is -2.46. The van der Waals surface area contributed by atoms with Gasteiger partial charge in [0, 0.05) is 23.5 Å². The second-order valence-electron chi connectivity index (χ2n) is 6.79. The Balaban J connectivity index is 2.05. The SMILES string of the molecule is CC(C)(O)c1cc(C(F)(F)F)ncc1-c1ccc(C2(C#N)COC2)nc1. The molecule has 26 heavy (non-hydrogen) atoms. The van der Waals surface area contributed by atoms with Crippen molar-refractivity contribution in [2.75, 3.05) is 13.2 Å². The second-order valence-corrected chi connectivity index (χ2v) is 6.79. The standard InChI is InChI=1S/C18H16F3N3O2/c1-16(2,25)13-5-15(18(19,20)21)24-7-12(13)11-3-4-14(23-6-11)17(8-22)9-26-10-17/h3-7,25H,9-10H2,1-2H3. The van der Waals surface area contributed by atoms with Crippen LogP contribution in [0.1, 0.15) is 30.8 Å². The monoisotopic (exact) mass is 363 g/mol. The van der Waals surface area contributed by atoms with E-state index in [0.717, 1.165) is 12.3 Å². The first-order chi connectivity index (χ1) is 12.1. The second kappa shape index (κ2) is 6.04. The van der Waals surface area contributed by atoms with E-state index >= 15 is 0 Å². The minimum atomic E-state index is -4.61. The fourth-order valence-electron chi connectivity index (χ4n) is 2.76. The zero-order valence-corrected chi connectivity index (χ0v) is 14.1. The summed E-state index contributed by atoms with van der Waals surface area (Å²) in [6, 6.07) is 6.33. The van der Waals surface area contributed by atoms with Crippen molar-refractivity contribution in [2.45, 2.75) is 31.0 Å². The van der Waals surface area contributed by atoms with Crippen molar-refractivity contribution < 1.29 is 23.0 Å². The molecule has 0 amide bonds. The number of aliphatic hydroxyl groups is 1. The molecule has 0 bridgehead atoms. The van der Waals surface area contributed by atoms with Gasteiger partial charge in [0.15, 0.2) is 0 Å². The highest BCUT2D eigenvalue weighted by atomic mass is 19.4. The van der Waals surface area contributed by atoms with Crippen LogP contribution in [-0.2, 0) is 21.9 Å². The van der Waals surface area contributed by atoms with Gasteiger partial charge < -0.3 is 9.84 Å². The summed E-state index contributed by atoms with van der Waals surface area (Å²) in [5.41, 5.74) is -1.88. The summed E-state index contributed by atoms with van der Waals surface area (Å²) in [6.45, 7) is 3.33. The third kappa shape index (κ3) is 3.16. The van der Waals surface area contributed by atoms with E-state index in [4.69, 9.17) is 4.74 Å². The van der Waals surface area contributed by atoms with E-state index in [1.54, 1.807) is 12.1 Å². The number of hydrogen-bond acceptors (Lipinski definition) is 5. The summed E-state index contributed by atoms with van der Waals surface area (Å²) in [6.07, 6.45) is -2.06. The third-order valence-corrected chi connectivity index (χ3v) is 4.33. The van der Waals surface area contributed by atoms with Crippen LogP contribution in [0.5, 0.6) is 0 Å². The molecule has 3 heterocycles. The maximum atomic E-state index is 13.0. The Morgan fingerprint density at radius 2 is 1.88 bits per heavy atom. The van der Waals surface area contributed by atoms with Crippen LogP contribution in [0.15, 0.2) is 30.6 Å². The maximum absolute atomic E-state index is 13.0. The molecule has 0 unspecified atom stereocenters. The molecule has 5 nitrogen and oxygen atoms in total. The molecule has 1 aliphatic rings. The quantitative estimate of drug-likeness (QED) is 0.906. The number of halogens is 3. The Hall–Kier alpha value is -2.50. The minimum Gasteiger partial charge on any atom is -0.386 e. The molecule has 0 aliphatic carbocycles. The van der Waals surface area contributed by atoms with Gasteiger partial charge in [-0.1, -0.05) is 6.07 Å². The van der Waals surface area contributed by atoms with E-state index in [1.807, 2.05) is 0 Å². The van der Waals surface area contributed by atoms with Gasteiger partial charge in [-0.2, -0.15) is 18.4 Å². The molecule has 2 aromatic rings. The Morgan fingerprint density at radius 1 is 1.19 bits per heavy atom. The summed E-state index contributed by atoms with van der Waals surface area (Å²) in [5.74, 6) is 0. The molecule has 2 aromatic heterocycles. The van der Waals surface area contributed by atoms with Crippen LogP contribution in [-0.4, -0.2) is 28.3 Å². The number of rotatable bonds is 3. The lowest BCUT2D eigenvalue weighted by atomic mass is 9.83. The van der Waals surface area contributed by atoms with Crippen LogP contribution >= 0.6 is 0 Å². The van der Waals surface area contributed by atoms with Crippen LogP contribution in [0.3, 0.4) is 0 Å². The van der Waals surface area contributed by atoms with Crippen molar-refractivity contribution >= 4 is 0 Å². The van der Waals surface area contributed by atoms with Gasteiger partial charge in [-0.15, -0.1) is 0 Å². The first-order valence-electron chi connectivity index (χ1n) is 7.83. The average Bonchev–Trinajstić information content (AvgIpc) is 2.53. The largest absolute Gasteiger partial charge is 0.433 e. The normalized spacial score (nSPS) is 16.7. The first kappa shape index (κ1) is 18.3. The van der Waals surface area contributed by atoms with E-state index in [2.05, 4.69) is 16.0 Å². The Bertz CT molecular complexity index is 861. The van der Waals surface area contributed by atoms with Gasteiger partial charge in [-0.05, 0) is 31.5 Å². The Labute approximate surface area is 148 Å². The molecular weight excluding hydrogens is 347 g/mol. The van der Waals surface area contributed by atoms with Crippen LogP contribution in [0.2, 0.25) is 0 Å². The molecule has 1 saturated heterocycles. The molecule has 3 rings (SSSR count). The van der Waals surface area contributed by atoms with Crippen molar-refractivity contribution in [2.24, 2.45) is 0 Å². The number of ether oxygens (including phenoxy) is 1. The molecule has 1 fully saturated rings. The topological polar surface area (TPSA) is 79.0 Å². The number of hydrogen-bond donors (Lipinski definition) is 1. The van der Waals surface area contributed by atoms with Gasteiger partial charge in [0.05, 0.1) is 30.6 Å². The number of pyridine rings is 2. The predicted octanol–water partition coefficient (Wildman–Crippen LogP) is 3.18. The minimum absolute atomic E-state index is 0.0938. The summed E-state index contributed by atoms with van der Waals surface area (Å²) >= 11 is 0. The van der Waals surface area contributed by atoms with E-state index in [9.17, 15) is 23.5 Å². The molecule has 1 aliphatic heterocycles. The fraction of sp³-hybridized carbons (Fsp3) is 0.389. The zero-order valence-electron chi connectivity index (χ0n) is 14.1. The lowest BCUT2D eigenvalue weighted by molar-refractivity contribution is -0.141. The third-order valence-electron chi connectivity index (χ3n) is 4.33. The van der Waals surface area contributed by atoms with Gasteiger partial charge in [0.2, 0.25) is 0 Å². The highest BCUT2D eigenvalue weighted by Crippen LogP contribution is 2.37. The molecule has 136 valence electrons. The van der Waals surface area contributed by atoms with Crippen LogP contribution < -0.4 is 0 Å². The molecule has 0 saturated carbocycles. The summed E-state index contributed by atoms with van der Waals surface area (Å²) in [4.78, 5) is 7.76. The molecule has 0 spiro atoms. The number of nitrogens with zero attached hydrogens (tertiary/aromatic N) is 3. The van der Waals surface area contributed by atoms with Gasteiger partial charge in [0.25, 0.3) is 0 Å². The van der Waals surface area contributed by atoms with Gasteiger partial charge in [-0.3, -0.25) is 9.97 Å². The smallest absolute Gasteiger partial charge is 0.386 e. The van der Waals surface area contributed by atoms with E-state index in [1.165, 1.54) is 20.0 Å². The lowest BCUT2D eigenvalue weighted by Gasteiger charge is -2.34. The molecule has 1 N–H and O–H groups in total. The molecule has 0 radical (unpaired) electrons. The van der Waals surface area contributed by atoms with Crippen molar-refractivity contribution in [1.82, 2.24) is 9.97 Å². The van der Waals surface area contributed by atoms with Crippen LogP contribution in [0.4, 0.5) is 13.2 Å². The van der Waals surface area contributed by atoms with Crippen molar-refractivity contribution in [3.8, 4) is 17.2 Å². The summed E-state index contributed by atoms with van der Waals surface area (Å²) in [7, 11) is 0. The van der Waals surface area contributed by atoms with Gasteiger partial charge in [-0.25, -0.2) is 0 Å². The number of nitriles is 1. The van der Waals surface area contributed by atoms with Crippen molar-refractivity contribution in [3.63, 3.8) is 0 Å². The maximum Gasteiger partial charge on any atom is 0.433 e. The number of aromatic nitrogens is 2. The Kier molecular flexibility index (Phi) is 4.25. The molecule has 0 aromatic carbocycles. The van der Waals surface area contributed by atoms with Crippen LogP contribution in [0.25, 0.3) is 11.1 Å². The summed E-state index contributed by atoms with van der Waals surface area (Å²) < 4.78 is 44.0. The molecule has 0 atom stereocenters. The predicted molar refractivity (Wildman–Crippen MR) is 85.8 cm³/mol. The van der Waals surface area contributed by atoms with Gasteiger partial charge >= 0.3 is 6.18 Å².